The Morgan fingerprint density at radius 3 is 2.60 bits per heavy atom. The number of methoxy groups -OCH3 is 1. The first-order valence-electron chi connectivity index (χ1n) is 5.05. The Morgan fingerprint density at radius 1 is 1.53 bits per heavy atom. The Labute approximate surface area is 89.0 Å². The van der Waals surface area contributed by atoms with Gasteiger partial charge in [-0.1, -0.05) is 6.92 Å². The van der Waals surface area contributed by atoms with E-state index < -0.39 is 5.97 Å². The summed E-state index contributed by atoms with van der Waals surface area (Å²) in [5, 5.41) is 8.76. The first-order valence-corrected chi connectivity index (χ1v) is 5.05. The normalized spacial score (nSPS) is 18.4. The lowest BCUT2D eigenvalue weighted by Crippen LogP contribution is -2.53. The van der Waals surface area contributed by atoms with Crippen molar-refractivity contribution in [3.63, 3.8) is 0 Å². The van der Waals surface area contributed by atoms with Gasteiger partial charge in [-0.15, -0.1) is 0 Å². The molecule has 1 fully saturated rings. The van der Waals surface area contributed by atoms with Crippen molar-refractivity contribution in [2.75, 3.05) is 26.8 Å². The standard InChI is InChI=1S/C10H17NO4/c1-7(10(13)14)8-5-11(6-8)9(12)3-4-15-2/h7-8H,3-6H2,1-2H3,(H,13,14). The Hall–Kier alpha value is -1.10. The molecule has 0 aliphatic carbocycles. The van der Waals surface area contributed by atoms with E-state index in [0.717, 1.165) is 0 Å². The van der Waals surface area contributed by atoms with Crippen molar-refractivity contribution >= 4 is 11.9 Å². The van der Waals surface area contributed by atoms with E-state index in [4.69, 9.17) is 9.84 Å². The molecule has 1 heterocycles. The highest BCUT2D eigenvalue weighted by Gasteiger charge is 2.36. The molecule has 5 heteroatoms. The first-order chi connectivity index (χ1) is 7.06. The maximum atomic E-state index is 11.4. The topological polar surface area (TPSA) is 66.8 Å². The van der Waals surface area contributed by atoms with Crippen molar-refractivity contribution in [3.8, 4) is 0 Å². The molecule has 15 heavy (non-hydrogen) atoms. The Balaban J connectivity index is 2.25. The van der Waals surface area contributed by atoms with Gasteiger partial charge in [-0.25, -0.2) is 0 Å². The summed E-state index contributed by atoms with van der Waals surface area (Å²) in [7, 11) is 1.55. The molecule has 0 aromatic heterocycles. The molecule has 5 nitrogen and oxygen atoms in total. The van der Waals surface area contributed by atoms with Crippen LogP contribution >= 0.6 is 0 Å². The van der Waals surface area contributed by atoms with Crippen molar-refractivity contribution in [3.05, 3.63) is 0 Å². The molecule has 1 aliphatic rings. The minimum Gasteiger partial charge on any atom is -0.481 e. The van der Waals surface area contributed by atoms with Crippen LogP contribution in [0.5, 0.6) is 0 Å². The average Bonchev–Trinajstić information content (AvgIpc) is 2.11. The molecule has 1 N–H and O–H groups in total. The number of carbonyl (C=O) groups is 2. The Kier molecular flexibility index (Phi) is 4.08. The summed E-state index contributed by atoms with van der Waals surface area (Å²) >= 11 is 0. The molecule has 1 aliphatic heterocycles. The van der Waals surface area contributed by atoms with Crippen molar-refractivity contribution in [2.24, 2.45) is 11.8 Å². The summed E-state index contributed by atoms with van der Waals surface area (Å²) in [4.78, 5) is 23.8. The number of ether oxygens (including phenoxy) is 1. The van der Waals surface area contributed by atoms with Gasteiger partial charge in [-0.05, 0) is 0 Å². The predicted octanol–water partition coefficient (Wildman–Crippen LogP) is 0.202. The number of hydrogen-bond acceptors (Lipinski definition) is 3. The van der Waals surface area contributed by atoms with E-state index in [2.05, 4.69) is 0 Å². The second kappa shape index (κ2) is 5.11. The van der Waals surface area contributed by atoms with Crippen LogP contribution in [0, 0.1) is 11.8 Å². The predicted molar refractivity (Wildman–Crippen MR) is 53.4 cm³/mol. The number of amides is 1. The van der Waals surface area contributed by atoms with Gasteiger partial charge in [0, 0.05) is 26.1 Å². The number of carboxylic acids is 1. The lowest BCUT2D eigenvalue weighted by atomic mass is 9.87. The fraction of sp³-hybridized carbons (Fsp3) is 0.800. The number of carboxylic acid groups (broad SMARTS) is 1. The van der Waals surface area contributed by atoms with E-state index in [1.807, 2.05) is 0 Å². The minimum absolute atomic E-state index is 0.0469. The maximum absolute atomic E-state index is 11.4. The maximum Gasteiger partial charge on any atom is 0.306 e. The molecule has 1 saturated heterocycles. The monoisotopic (exact) mass is 215 g/mol. The highest BCUT2D eigenvalue weighted by molar-refractivity contribution is 5.78. The van der Waals surface area contributed by atoms with Gasteiger partial charge in [0.2, 0.25) is 5.91 Å². The zero-order chi connectivity index (χ0) is 11.4. The largest absolute Gasteiger partial charge is 0.481 e. The minimum atomic E-state index is -0.788. The lowest BCUT2D eigenvalue weighted by molar-refractivity contribution is -0.150. The van der Waals surface area contributed by atoms with Crippen LogP contribution in [0.15, 0.2) is 0 Å². The van der Waals surface area contributed by atoms with E-state index >= 15 is 0 Å². The zero-order valence-corrected chi connectivity index (χ0v) is 9.10. The van der Waals surface area contributed by atoms with Crippen LogP contribution in [0.1, 0.15) is 13.3 Å². The average molecular weight is 215 g/mol. The van der Waals surface area contributed by atoms with Gasteiger partial charge in [-0.3, -0.25) is 9.59 Å². The van der Waals surface area contributed by atoms with E-state index in [1.54, 1.807) is 18.9 Å². The van der Waals surface area contributed by atoms with E-state index in [9.17, 15) is 9.59 Å². The molecule has 1 amide bonds. The first kappa shape index (κ1) is 12.0. The van der Waals surface area contributed by atoms with Crippen LogP contribution in [0.4, 0.5) is 0 Å². The third-order valence-corrected chi connectivity index (χ3v) is 2.88. The highest BCUT2D eigenvalue weighted by atomic mass is 16.5. The van der Waals surface area contributed by atoms with Gasteiger partial charge in [0.05, 0.1) is 18.9 Å². The molecule has 0 bridgehead atoms. The smallest absolute Gasteiger partial charge is 0.306 e. The van der Waals surface area contributed by atoms with E-state index in [0.29, 0.717) is 26.1 Å². The molecule has 86 valence electrons. The summed E-state index contributed by atoms with van der Waals surface area (Å²) in [5.74, 6) is -1.000. The van der Waals surface area contributed by atoms with Crippen LogP contribution in [-0.4, -0.2) is 48.7 Å². The van der Waals surface area contributed by atoms with Crippen molar-refractivity contribution in [1.82, 2.24) is 4.90 Å². The summed E-state index contributed by atoms with van der Waals surface area (Å²) in [6.45, 7) is 3.24. The van der Waals surface area contributed by atoms with Gasteiger partial charge < -0.3 is 14.7 Å². The molecule has 0 radical (unpaired) electrons. The number of nitrogens with zero attached hydrogens (tertiary/aromatic N) is 1. The molecular formula is C10H17NO4. The number of aliphatic carboxylic acids is 1. The fourth-order valence-corrected chi connectivity index (χ4v) is 1.58. The highest BCUT2D eigenvalue weighted by Crippen LogP contribution is 2.24. The number of likely N-dealkylation sites (tertiary alicyclic amines) is 1. The molecular weight excluding hydrogens is 198 g/mol. The van der Waals surface area contributed by atoms with Gasteiger partial charge in [-0.2, -0.15) is 0 Å². The quantitative estimate of drug-likeness (QED) is 0.711. The van der Waals surface area contributed by atoms with E-state index in [1.165, 1.54) is 0 Å². The molecule has 0 aromatic carbocycles. The SMILES string of the molecule is COCCC(=O)N1CC(C(C)C(=O)O)C1. The summed E-state index contributed by atoms with van der Waals surface area (Å²) in [6, 6.07) is 0. The third kappa shape index (κ3) is 2.92. The van der Waals surface area contributed by atoms with Crippen molar-refractivity contribution < 1.29 is 19.4 Å². The summed E-state index contributed by atoms with van der Waals surface area (Å²) in [5.41, 5.74) is 0. The Bertz CT molecular complexity index is 248. The lowest BCUT2D eigenvalue weighted by Gasteiger charge is -2.41. The van der Waals surface area contributed by atoms with Crippen LogP contribution in [0.2, 0.25) is 0 Å². The summed E-state index contributed by atoms with van der Waals surface area (Å²) < 4.78 is 4.80. The summed E-state index contributed by atoms with van der Waals surface area (Å²) in [6.07, 6.45) is 0.380. The number of hydrogen-bond donors (Lipinski definition) is 1. The van der Waals surface area contributed by atoms with Gasteiger partial charge in [0.15, 0.2) is 0 Å². The number of carbonyl (C=O) groups excluding carboxylic acids is 1. The molecule has 0 saturated carbocycles. The van der Waals surface area contributed by atoms with Crippen molar-refractivity contribution in [2.45, 2.75) is 13.3 Å². The molecule has 1 unspecified atom stereocenters. The zero-order valence-electron chi connectivity index (χ0n) is 9.10. The van der Waals surface area contributed by atoms with Crippen LogP contribution in [0.3, 0.4) is 0 Å². The molecule has 0 spiro atoms. The van der Waals surface area contributed by atoms with Crippen LogP contribution in [0.25, 0.3) is 0 Å². The van der Waals surface area contributed by atoms with Gasteiger partial charge >= 0.3 is 5.97 Å². The third-order valence-electron chi connectivity index (χ3n) is 2.88. The van der Waals surface area contributed by atoms with Crippen LogP contribution in [-0.2, 0) is 14.3 Å². The Morgan fingerprint density at radius 2 is 2.13 bits per heavy atom. The molecule has 1 atom stereocenters. The van der Waals surface area contributed by atoms with Crippen LogP contribution < -0.4 is 0 Å². The van der Waals surface area contributed by atoms with Gasteiger partial charge in [0.1, 0.15) is 0 Å². The number of rotatable bonds is 5. The second-order valence-corrected chi connectivity index (χ2v) is 3.93. The fourth-order valence-electron chi connectivity index (χ4n) is 1.58. The molecule has 0 aromatic rings. The molecule has 1 rings (SSSR count). The van der Waals surface area contributed by atoms with Crippen molar-refractivity contribution in [1.29, 1.82) is 0 Å². The van der Waals surface area contributed by atoms with E-state index in [-0.39, 0.29) is 17.7 Å². The van der Waals surface area contributed by atoms with Gasteiger partial charge in [0.25, 0.3) is 0 Å². The second-order valence-electron chi connectivity index (χ2n) is 3.93.